The summed E-state index contributed by atoms with van der Waals surface area (Å²) in [6.07, 6.45) is 1.79. The van der Waals surface area contributed by atoms with E-state index in [0.717, 1.165) is 22.5 Å². The first-order chi connectivity index (χ1) is 9.22. The number of nitrogens with one attached hydrogen (secondary N) is 1. The van der Waals surface area contributed by atoms with Gasteiger partial charge in [-0.3, -0.25) is 0 Å². The van der Waals surface area contributed by atoms with Gasteiger partial charge in [-0.25, -0.2) is 10.5 Å². The molecule has 0 aliphatic carbocycles. The molecule has 0 atom stereocenters. The van der Waals surface area contributed by atoms with Gasteiger partial charge >= 0.3 is 0 Å². The quantitative estimate of drug-likeness (QED) is 0.728. The maximum absolute atomic E-state index is 5.55. The van der Waals surface area contributed by atoms with Crippen molar-refractivity contribution in [1.82, 2.24) is 9.55 Å². The number of rotatable bonds is 3. The molecule has 0 amide bonds. The molecule has 2 aromatic carbocycles. The molecule has 3 rings (SSSR count). The third-order valence-electron chi connectivity index (χ3n) is 3.04. The van der Waals surface area contributed by atoms with Crippen LogP contribution in [-0.2, 0) is 7.05 Å². The number of fused-ring (bicyclic) bond motifs is 1. The molecule has 0 saturated carbocycles. The second kappa shape index (κ2) is 4.65. The monoisotopic (exact) mass is 253 g/mol. The van der Waals surface area contributed by atoms with Crippen molar-refractivity contribution in [1.29, 1.82) is 0 Å². The summed E-state index contributed by atoms with van der Waals surface area (Å²) in [4.78, 5) is 9.85. The smallest absolute Gasteiger partial charge is 0.157 e. The predicted octanol–water partition coefficient (Wildman–Crippen LogP) is 3.29. The highest BCUT2D eigenvalue weighted by atomic mass is 16.6. The van der Waals surface area contributed by atoms with Gasteiger partial charge in [-0.1, -0.05) is 17.7 Å². The summed E-state index contributed by atoms with van der Waals surface area (Å²) >= 11 is 0. The van der Waals surface area contributed by atoms with Gasteiger partial charge in [-0.05, 0) is 31.2 Å². The first-order valence-electron chi connectivity index (χ1n) is 6.13. The number of aryl methyl sites for hydroxylation is 2. The molecule has 19 heavy (non-hydrogen) atoms. The topological polar surface area (TPSA) is 39.1 Å². The lowest BCUT2D eigenvalue weighted by Crippen LogP contribution is -2.04. The zero-order chi connectivity index (χ0) is 13.2. The van der Waals surface area contributed by atoms with E-state index in [9.17, 15) is 0 Å². The molecule has 0 saturated heterocycles. The van der Waals surface area contributed by atoms with Crippen molar-refractivity contribution in [2.75, 3.05) is 5.48 Å². The highest BCUT2D eigenvalue weighted by Gasteiger charge is 2.02. The number of hydrogen-bond acceptors (Lipinski definition) is 3. The van der Waals surface area contributed by atoms with E-state index in [-0.39, 0.29) is 0 Å². The van der Waals surface area contributed by atoms with Crippen LogP contribution < -0.4 is 10.3 Å². The standard InChI is InChI=1S/C15H15N3O/c1-11-3-5-12(6-4-11)17-19-13-7-8-15-14(9-13)16-10-18(15)2/h3-10,17H,1-2H3. The predicted molar refractivity (Wildman–Crippen MR) is 76.1 cm³/mol. The zero-order valence-corrected chi connectivity index (χ0v) is 10.9. The molecule has 4 nitrogen and oxygen atoms in total. The van der Waals surface area contributed by atoms with E-state index in [1.54, 1.807) is 6.33 Å². The highest BCUT2D eigenvalue weighted by Crippen LogP contribution is 2.20. The number of nitrogens with zero attached hydrogens (tertiary/aromatic N) is 2. The first-order valence-corrected chi connectivity index (χ1v) is 6.13. The minimum atomic E-state index is 0.742. The summed E-state index contributed by atoms with van der Waals surface area (Å²) in [5.41, 5.74) is 7.08. The maximum atomic E-state index is 5.55. The van der Waals surface area contributed by atoms with Crippen LogP contribution in [0.5, 0.6) is 5.75 Å². The van der Waals surface area contributed by atoms with Crippen molar-refractivity contribution in [2.24, 2.45) is 7.05 Å². The van der Waals surface area contributed by atoms with Crippen LogP contribution in [-0.4, -0.2) is 9.55 Å². The van der Waals surface area contributed by atoms with Crippen molar-refractivity contribution in [3.63, 3.8) is 0 Å². The van der Waals surface area contributed by atoms with Crippen molar-refractivity contribution in [3.05, 3.63) is 54.4 Å². The molecule has 1 N–H and O–H groups in total. The van der Waals surface area contributed by atoms with Gasteiger partial charge in [0.1, 0.15) is 0 Å². The molecule has 0 fully saturated rings. The Morgan fingerprint density at radius 1 is 1.11 bits per heavy atom. The molecule has 0 aliphatic rings. The Morgan fingerprint density at radius 2 is 1.89 bits per heavy atom. The van der Waals surface area contributed by atoms with E-state index < -0.39 is 0 Å². The van der Waals surface area contributed by atoms with Gasteiger partial charge < -0.3 is 9.40 Å². The Balaban J connectivity index is 1.76. The minimum Gasteiger partial charge on any atom is -0.382 e. The number of hydrogen-bond donors (Lipinski definition) is 1. The third-order valence-corrected chi connectivity index (χ3v) is 3.04. The number of aromatic nitrogens is 2. The van der Waals surface area contributed by atoms with Gasteiger partial charge in [0, 0.05) is 13.1 Å². The van der Waals surface area contributed by atoms with E-state index in [2.05, 4.69) is 17.4 Å². The lowest BCUT2D eigenvalue weighted by Gasteiger charge is -2.08. The zero-order valence-electron chi connectivity index (χ0n) is 10.9. The Labute approximate surface area is 111 Å². The van der Waals surface area contributed by atoms with E-state index >= 15 is 0 Å². The van der Waals surface area contributed by atoms with Gasteiger partial charge in [-0.15, -0.1) is 0 Å². The number of imidazole rings is 1. The van der Waals surface area contributed by atoms with Gasteiger partial charge in [0.25, 0.3) is 0 Å². The molecule has 3 aromatic rings. The van der Waals surface area contributed by atoms with Crippen molar-refractivity contribution < 1.29 is 4.84 Å². The first kappa shape index (κ1) is 11.6. The summed E-state index contributed by atoms with van der Waals surface area (Å²) < 4.78 is 1.98. The molecule has 96 valence electrons. The Morgan fingerprint density at radius 3 is 2.68 bits per heavy atom. The summed E-state index contributed by atoms with van der Waals surface area (Å²) in [6, 6.07) is 13.9. The van der Waals surface area contributed by atoms with Crippen LogP contribution in [0, 0.1) is 6.92 Å². The van der Waals surface area contributed by atoms with Crippen LogP contribution in [0.1, 0.15) is 5.56 Å². The molecule has 0 spiro atoms. The summed E-state index contributed by atoms with van der Waals surface area (Å²) in [6.45, 7) is 2.06. The average molecular weight is 253 g/mol. The van der Waals surface area contributed by atoms with Crippen LogP contribution in [0.4, 0.5) is 5.69 Å². The fourth-order valence-electron chi connectivity index (χ4n) is 1.92. The van der Waals surface area contributed by atoms with Crippen LogP contribution in [0.3, 0.4) is 0 Å². The third kappa shape index (κ3) is 2.38. The van der Waals surface area contributed by atoms with Crippen LogP contribution in [0.2, 0.25) is 0 Å². The Bertz CT molecular complexity index is 701. The molecule has 1 aromatic heterocycles. The van der Waals surface area contributed by atoms with E-state index in [1.807, 2.05) is 54.1 Å². The van der Waals surface area contributed by atoms with Gasteiger partial charge in [0.2, 0.25) is 0 Å². The second-order valence-electron chi connectivity index (χ2n) is 4.58. The summed E-state index contributed by atoms with van der Waals surface area (Å²) in [5, 5.41) is 0. The lowest BCUT2D eigenvalue weighted by molar-refractivity contribution is 0.405. The van der Waals surface area contributed by atoms with Crippen molar-refractivity contribution in [3.8, 4) is 5.75 Å². The molecule has 0 unspecified atom stereocenters. The van der Waals surface area contributed by atoms with Crippen LogP contribution >= 0.6 is 0 Å². The molecular weight excluding hydrogens is 238 g/mol. The molecule has 1 heterocycles. The highest BCUT2D eigenvalue weighted by molar-refractivity contribution is 5.76. The Hall–Kier alpha value is -2.49. The molecular formula is C15H15N3O. The largest absolute Gasteiger partial charge is 0.382 e. The molecule has 0 radical (unpaired) electrons. The fraction of sp³-hybridized carbons (Fsp3) is 0.133. The maximum Gasteiger partial charge on any atom is 0.157 e. The second-order valence-corrected chi connectivity index (χ2v) is 4.58. The minimum absolute atomic E-state index is 0.742. The lowest BCUT2D eigenvalue weighted by atomic mass is 10.2. The molecule has 0 aliphatic heterocycles. The summed E-state index contributed by atoms with van der Waals surface area (Å²) in [7, 11) is 1.97. The number of benzene rings is 2. The van der Waals surface area contributed by atoms with Gasteiger partial charge in [0.15, 0.2) is 5.75 Å². The fourth-order valence-corrected chi connectivity index (χ4v) is 1.92. The average Bonchev–Trinajstić information content (AvgIpc) is 2.79. The molecule has 4 heteroatoms. The SMILES string of the molecule is Cc1ccc(NOc2ccc3c(c2)ncn3C)cc1. The van der Waals surface area contributed by atoms with Gasteiger partial charge in [0.05, 0.1) is 23.0 Å². The van der Waals surface area contributed by atoms with Crippen molar-refractivity contribution >= 4 is 16.7 Å². The van der Waals surface area contributed by atoms with E-state index in [4.69, 9.17) is 4.84 Å². The van der Waals surface area contributed by atoms with Gasteiger partial charge in [-0.2, -0.15) is 0 Å². The van der Waals surface area contributed by atoms with E-state index in [1.165, 1.54) is 5.56 Å². The number of anilines is 1. The van der Waals surface area contributed by atoms with Crippen molar-refractivity contribution in [2.45, 2.75) is 6.92 Å². The normalized spacial score (nSPS) is 10.6. The summed E-state index contributed by atoms with van der Waals surface area (Å²) in [5.74, 6) is 0.742. The van der Waals surface area contributed by atoms with Crippen LogP contribution in [0.25, 0.3) is 11.0 Å². The van der Waals surface area contributed by atoms with E-state index in [0.29, 0.717) is 0 Å². The molecule has 0 bridgehead atoms. The Kier molecular flexibility index (Phi) is 2.83. The van der Waals surface area contributed by atoms with Crippen LogP contribution in [0.15, 0.2) is 48.8 Å².